The van der Waals surface area contributed by atoms with Crippen LogP contribution < -0.4 is 4.74 Å². The highest BCUT2D eigenvalue weighted by molar-refractivity contribution is 8.18. The molecule has 4 rings (SSSR count). The van der Waals surface area contributed by atoms with Crippen molar-refractivity contribution in [1.82, 2.24) is 4.90 Å². The van der Waals surface area contributed by atoms with Crippen LogP contribution in [0.15, 0.2) is 65.6 Å². The molecule has 0 aromatic heterocycles. The van der Waals surface area contributed by atoms with Gasteiger partial charge in [0.25, 0.3) is 11.1 Å². The van der Waals surface area contributed by atoms with Gasteiger partial charge in [0.15, 0.2) is 0 Å². The molecule has 0 unspecified atom stereocenters. The summed E-state index contributed by atoms with van der Waals surface area (Å²) in [6, 6.07) is 17.4. The third-order valence-corrected chi connectivity index (χ3v) is 6.90. The van der Waals surface area contributed by atoms with Crippen LogP contribution in [0.4, 0.5) is 4.79 Å². The largest absolute Gasteiger partial charge is 0.488 e. The number of carbonyl (C=O) groups excluding carboxylic acids is 2. The summed E-state index contributed by atoms with van der Waals surface area (Å²) in [4.78, 5) is 26.9. The Morgan fingerprint density at radius 2 is 1.48 bits per heavy atom. The molecule has 4 nitrogen and oxygen atoms in total. The lowest BCUT2D eigenvalue weighted by Gasteiger charge is -2.14. The summed E-state index contributed by atoms with van der Waals surface area (Å²) in [6.45, 7) is 0.280. The quantitative estimate of drug-likeness (QED) is 0.297. The fourth-order valence-corrected chi connectivity index (χ4v) is 4.88. The Kier molecular flexibility index (Phi) is 7.57. The first-order valence-electron chi connectivity index (χ1n) is 9.67. The predicted octanol–water partition coefficient (Wildman–Crippen LogP) is 8.12. The van der Waals surface area contributed by atoms with Gasteiger partial charge in [-0.25, -0.2) is 0 Å². The molecule has 0 spiro atoms. The van der Waals surface area contributed by atoms with Crippen molar-refractivity contribution < 1.29 is 14.3 Å². The number of hydrogen-bond donors (Lipinski definition) is 0. The van der Waals surface area contributed by atoms with E-state index in [0.717, 1.165) is 22.2 Å². The molecule has 0 atom stereocenters. The molecule has 2 amide bonds. The van der Waals surface area contributed by atoms with Crippen LogP contribution in [0.2, 0.25) is 20.1 Å². The first-order chi connectivity index (χ1) is 15.8. The van der Waals surface area contributed by atoms with E-state index in [1.165, 1.54) is 0 Å². The molecule has 0 radical (unpaired) electrons. The molecule has 3 aromatic rings. The van der Waals surface area contributed by atoms with E-state index in [1.54, 1.807) is 48.5 Å². The minimum Gasteiger partial charge on any atom is -0.488 e. The van der Waals surface area contributed by atoms with Crippen LogP contribution in [-0.2, 0) is 17.9 Å². The molecule has 33 heavy (non-hydrogen) atoms. The number of rotatable bonds is 6. The van der Waals surface area contributed by atoms with Gasteiger partial charge in [-0.2, -0.15) is 0 Å². The first kappa shape index (κ1) is 24.0. The van der Waals surface area contributed by atoms with Crippen molar-refractivity contribution in [3.05, 3.63) is 102 Å². The van der Waals surface area contributed by atoms with Crippen molar-refractivity contribution >= 4 is 75.4 Å². The summed E-state index contributed by atoms with van der Waals surface area (Å²) in [7, 11) is 0. The lowest BCUT2D eigenvalue weighted by molar-refractivity contribution is -0.123. The smallest absolute Gasteiger partial charge is 0.293 e. The van der Waals surface area contributed by atoms with Crippen LogP contribution in [0.1, 0.15) is 16.7 Å². The Morgan fingerprint density at radius 1 is 0.848 bits per heavy atom. The second kappa shape index (κ2) is 10.4. The topological polar surface area (TPSA) is 46.6 Å². The normalized spacial score (nSPS) is 14.9. The van der Waals surface area contributed by atoms with E-state index < -0.39 is 5.91 Å². The van der Waals surface area contributed by atoms with Gasteiger partial charge in [-0.05, 0) is 53.7 Å². The van der Waals surface area contributed by atoms with Crippen LogP contribution in [0.3, 0.4) is 0 Å². The second-order valence-corrected chi connectivity index (χ2v) is 9.75. The maximum absolute atomic E-state index is 12.9. The molecule has 1 aliphatic rings. The number of amides is 2. The molecule has 1 saturated heterocycles. The molecule has 1 heterocycles. The molecule has 0 bridgehead atoms. The maximum Gasteiger partial charge on any atom is 0.293 e. The summed E-state index contributed by atoms with van der Waals surface area (Å²) < 4.78 is 5.94. The molecule has 3 aromatic carbocycles. The summed E-state index contributed by atoms with van der Waals surface area (Å²) in [6.07, 6.45) is 1.65. The molecule has 1 fully saturated rings. The van der Waals surface area contributed by atoms with Gasteiger partial charge in [0, 0.05) is 31.2 Å². The highest BCUT2D eigenvalue weighted by atomic mass is 35.5. The number of benzene rings is 3. The van der Waals surface area contributed by atoms with Gasteiger partial charge in [-0.1, -0.05) is 76.7 Å². The monoisotopic (exact) mass is 537 g/mol. The van der Waals surface area contributed by atoms with Crippen LogP contribution in [0.25, 0.3) is 6.08 Å². The Morgan fingerprint density at radius 3 is 2.15 bits per heavy atom. The Balaban J connectivity index is 1.53. The molecule has 0 N–H and O–H groups in total. The predicted molar refractivity (Wildman–Crippen MR) is 135 cm³/mol. The molecule has 1 aliphatic heterocycles. The number of nitrogens with zero attached hydrogens (tertiary/aromatic N) is 1. The molecule has 0 aliphatic carbocycles. The summed E-state index contributed by atoms with van der Waals surface area (Å²) >= 11 is 25.2. The average Bonchev–Trinajstić information content (AvgIpc) is 3.03. The number of ether oxygens (including phenoxy) is 1. The van der Waals surface area contributed by atoms with Gasteiger partial charge in [0.05, 0.1) is 11.4 Å². The highest BCUT2D eigenvalue weighted by Crippen LogP contribution is 2.36. The molecule has 9 heteroatoms. The van der Waals surface area contributed by atoms with Crippen molar-refractivity contribution in [2.75, 3.05) is 0 Å². The highest BCUT2D eigenvalue weighted by Gasteiger charge is 2.35. The fourth-order valence-electron chi connectivity index (χ4n) is 3.12. The standard InChI is InChI=1S/C24H15Cl4NO3S/c25-17-7-5-15(19(27)10-17)12-29-23(30)22(33-24(29)31)9-14-3-1-2-4-21(14)32-13-16-6-8-18(26)11-20(16)28/h1-11H,12-13H2/b22-9-. The van der Waals surface area contributed by atoms with Gasteiger partial charge in [-0.3, -0.25) is 14.5 Å². The third kappa shape index (κ3) is 5.68. The van der Waals surface area contributed by atoms with Crippen molar-refractivity contribution in [1.29, 1.82) is 0 Å². The minimum atomic E-state index is -0.397. The van der Waals surface area contributed by atoms with Crippen molar-refractivity contribution in [3.63, 3.8) is 0 Å². The van der Waals surface area contributed by atoms with Gasteiger partial charge < -0.3 is 4.74 Å². The van der Waals surface area contributed by atoms with Gasteiger partial charge in [0.1, 0.15) is 12.4 Å². The number of para-hydroxylation sites is 1. The molecule has 0 saturated carbocycles. The molecule has 168 valence electrons. The van der Waals surface area contributed by atoms with Crippen LogP contribution >= 0.6 is 58.2 Å². The minimum absolute atomic E-state index is 0.0607. The maximum atomic E-state index is 12.9. The SMILES string of the molecule is O=C1S/C(=C\c2ccccc2OCc2ccc(Cl)cc2Cl)C(=O)N1Cc1ccc(Cl)cc1Cl. The summed E-state index contributed by atoms with van der Waals surface area (Å²) in [5.74, 6) is 0.155. The number of halogens is 4. The zero-order chi connectivity index (χ0) is 23.5. The number of thioether (sulfide) groups is 1. The first-order valence-corrected chi connectivity index (χ1v) is 12.0. The summed E-state index contributed by atoms with van der Waals surface area (Å²) in [5, 5.41) is 1.55. The Labute approximate surface area is 215 Å². The van der Waals surface area contributed by atoms with E-state index in [2.05, 4.69) is 0 Å². The van der Waals surface area contributed by atoms with Gasteiger partial charge in [-0.15, -0.1) is 0 Å². The zero-order valence-electron chi connectivity index (χ0n) is 16.9. The van der Waals surface area contributed by atoms with Gasteiger partial charge >= 0.3 is 0 Å². The van der Waals surface area contributed by atoms with E-state index >= 15 is 0 Å². The van der Waals surface area contributed by atoms with Crippen molar-refractivity contribution in [3.8, 4) is 5.75 Å². The van der Waals surface area contributed by atoms with Crippen LogP contribution in [0.5, 0.6) is 5.75 Å². The second-order valence-electron chi connectivity index (χ2n) is 7.07. The van der Waals surface area contributed by atoms with E-state index in [-0.39, 0.29) is 18.4 Å². The van der Waals surface area contributed by atoms with E-state index in [9.17, 15) is 9.59 Å². The molecular weight excluding hydrogens is 524 g/mol. The van der Waals surface area contributed by atoms with Crippen LogP contribution in [-0.4, -0.2) is 16.0 Å². The zero-order valence-corrected chi connectivity index (χ0v) is 20.7. The number of carbonyl (C=O) groups is 2. The Hall–Kier alpha value is -2.15. The van der Waals surface area contributed by atoms with Crippen molar-refractivity contribution in [2.24, 2.45) is 0 Å². The molecular formula is C24H15Cl4NO3S. The average molecular weight is 539 g/mol. The van der Waals surface area contributed by atoms with Crippen molar-refractivity contribution in [2.45, 2.75) is 13.2 Å². The van der Waals surface area contributed by atoms with E-state index in [4.69, 9.17) is 51.1 Å². The summed E-state index contributed by atoms with van der Waals surface area (Å²) in [5.41, 5.74) is 2.07. The van der Waals surface area contributed by atoms with Gasteiger partial charge in [0.2, 0.25) is 0 Å². The lowest BCUT2D eigenvalue weighted by atomic mass is 10.1. The fraction of sp³-hybridized carbons (Fsp3) is 0.0833. The number of hydrogen-bond acceptors (Lipinski definition) is 4. The van der Waals surface area contributed by atoms with E-state index in [0.29, 0.717) is 41.9 Å². The van der Waals surface area contributed by atoms with E-state index in [1.807, 2.05) is 18.2 Å². The lowest BCUT2D eigenvalue weighted by Crippen LogP contribution is -2.27. The van der Waals surface area contributed by atoms with Crippen LogP contribution in [0, 0.1) is 0 Å². The third-order valence-electron chi connectivity index (χ3n) is 4.82. The number of imide groups is 1. The Bertz CT molecular complexity index is 1280.